The van der Waals surface area contributed by atoms with Crippen molar-refractivity contribution in [3.8, 4) is 0 Å². The molecule has 0 amide bonds. The molecule has 0 spiro atoms. The molecule has 0 aliphatic rings. The molecule has 0 aliphatic heterocycles. The van der Waals surface area contributed by atoms with Gasteiger partial charge in [0.15, 0.2) is 0 Å². The van der Waals surface area contributed by atoms with E-state index in [1.54, 1.807) is 25.5 Å². The number of aliphatic hydroxyl groups is 1. The Morgan fingerprint density at radius 1 is 0.833 bits per heavy atom. The van der Waals surface area contributed by atoms with Crippen molar-refractivity contribution in [1.82, 2.24) is 0 Å². The van der Waals surface area contributed by atoms with E-state index in [1.807, 2.05) is 12.1 Å². The molecule has 0 saturated heterocycles. The lowest BCUT2D eigenvalue weighted by molar-refractivity contribution is 0.101. The Morgan fingerprint density at radius 3 is 1.83 bits per heavy atom. The van der Waals surface area contributed by atoms with Gasteiger partial charge in [-0.2, -0.15) is 0 Å². The number of rotatable bonds is 2. The maximum absolute atomic E-state index is 10.6. The fraction of sp³-hybridized carbons (Fsp3) is 0.375. The maximum Gasteiger partial charge on any atom is 0.115 e. The average molecular weight is 244 g/mol. The molecule has 0 bridgehead atoms. The Bertz CT molecular complexity index is 499. The van der Waals surface area contributed by atoms with Gasteiger partial charge >= 0.3 is 0 Å². The minimum absolute atomic E-state index is 0.125. The largest absolute Gasteiger partial charge is 0.472 e. The van der Waals surface area contributed by atoms with Crippen LogP contribution in [-0.2, 0) is 11.0 Å². The molecule has 1 aromatic heterocycles. The third-order valence-corrected chi connectivity index (χ3v) is 3.40. The minimum Gasteiger partial charge on any atom is -0.472 e. The van der Waals surface area contributed by atoms with Crippen molar-refractivity contribution in [2.75, 3.05) is 0 Å². The molecule has 0 aliphatic carbocycles. The van der Waals surface area contributed by atoms with Crippen LogP contribution in [0.3, 0.4) is 0 Å². The highest BCUT2D eigenvalue weighted by molar-refractivity contribution is 5.36. The highest BCUT2D eigenvalue weighted by atomic mass is 16.3. The van der Waals surface area contributed by atoms with Crippen molar-refractivity contribution in [2.45, 2.75) is 38.7 Å². The van der Waals surface area contributed by atoms with Gasteiger partial charge in [0.25, 0.3) is 0 Å². The van der Waals surface area contributed by atoms with Crippen molar-refractivity contribution < 1.29 is 9.52 Å². The lowest BCUT2D eigenvalue weighted by Crippen LogP contribution is -2.22. The summed E-state index contributed by atoms with van der Waals surface area (Å²) in [6.07, 6.45) is 3.16. The Morgan fingerprint density at radius 2 is 1.39 bits per heavy atom. The molecule has 0 radical (unpaired) electrons. The topological polar surface area (TPSA) is 33.4 Å². The van der Waals surface area contributed by atoms with E-state index in [0.29, 0.717) is 0 Å². The van der Waals surface area contributed by atoms with E-state index in [0.717, 1.165) is 11.1 Å². The van der Waals surface area contributed by atoms with Crippen LogP contribution in [0, 0.1) is 0 Å². The first kappa shape index (κ1) is 12.9. The van der Waals surface area contributed by atoms with Gasteiger partial charge in [0.2, 0.25) is 0 Å². The Balaban J connectivity index is 2.36. The van der Waals surface area contributed by atoms with Gasteiger partial charge in [-0.15, -0.1) is 0 Å². The van der Waals surface area contributed by atoms with E-state index in [-0.39, 0.29) is 5.41 Å². The van der Waals surface area contributed by atoms with Crippen molar-refractivity contribution in [2.24, 2.45) is 0 Å². The van der Waals surface area contributed by atoms with Gasteiger partial charge in [0.1, 0.15) is 5.60 Å². The van der Waals surface area contributed by atoms with Crippen molar-refractivity contribution in [3.63, 3.8) is 0 Å². The summed E-state index contributed by atoms with van der Waals surface area (Å²) in [5.41, 5.74) is 2.01. The monoisotopic (exact) mass is 244 g/mol. The van der Waals surface area contributed by atoms with Gasteiger partial charge in [-0.25, -0.2) is 0 Å². The molecule has 0 fully saturated rings. The van der Waals surface area contributed by atoms with E-state index < -0.39 is 5.60 Å². The summed E-state index contributed by atoms with van der Waals surface area (Å²) in [4.78, 5) is 0. The van der Waals surface area contributed by atoms with Gasteiger partial charge in [-0.1, -0.05) is 45.0 Å². The smallest absolute Gasteiger partial charge is 0.115 e. The quantitative estimate of drug-likeness (QED) is 0.871. The second kappa shape index (κ2) is 4.29. The van der Waals surface area contributed by atoms with Crippen LogP contribution in [0.4, 0.5) is 0 Å². The van der Waals surface area contributed by atoms with Crippen LogP contribution in [0.2, 0.25) is 0 Å². The lowest BCUT2D eigenvalue weighted by Gasteiger charge is -2.24. The van der Waals surface area contributed by atoms with Crippen molar-refractivity contribution in [3.05, 3.63) is 59.5 Å². The molecule has 1 N–H and O–H groups in total. The maximum atomic E-state index is 10.6. The Kier molecular flexibility index (Phi) is 3.07. The van der Waals surface area contributed by atoms with Gasteiger partial charge < -0.3 is 9.52 Å². The summed E-state index contributed by atoms with van der Waals surface area (Å²) in [5.74, 6) is 0. The summed E-state index contributed by atoms with van der Waals surface area (Å²) in [5, 5.41) is 10.6. The van der Waals surface area contributed by atoms with E-state index in [9.17, 15) is 5.11 Å². The first-order valence-electron chi connectivity index (χ1n) is 6.18. The molecule has 2 nitrogen and oxygen atoms in total. The summed E-state index contributed by atoms with van der Waals surface area (Å²) < 4.78 is 5.04. The summed E-state index contributed by atoms with van der Waals surface area (Å²) in [7, 11) is 0. The number of hydrogen-bond acceptors (Lipinski definition) is 2. The zero-order valence-electron chi connectivity index (χ0n) is 11.4. The van der Waals surface area contributed by atoms with Crippen LogP contribution < -0.4 is 0 Å². The van der Waals surface area contributed by atoms with Crippen LogP contribution in [0.5, 0.6) is 0 Å². The minimum atomic E-state index is -1.01. The standard InChI is InChI=1S/C16H20O2/c1-15(2,3)12-5-7-13(8-6-12)16(4,17)14-9-10-18-11-14/h5-11,17H,1-4H3. The van der Waals surface area contributed by atoms with Gasteiger partial charge in [0, 0.05) is 5.56 Å². The predicted molar refractivity (Wildman–Crippen MR) is 72.5 cm³/mol. The fourth-order valence-electron chi connectivity index (χ4n) is 2.00. The molecule has 2 rings (SSSR count). The SMILES string of the molecule is CC(C)(C)c1ccc(C(C)(O)c2ccoc2)cc1. The molecule has 1 aromatic carbocycles. The van der Waals surface area contributed by atoms with E-state index in [2.05, 4.69) is 32.9 Å². The fourth-order valence-corrected chi connectivity index (χ4v) is 2.00. The van der Waals surface area contributed by atoms with Gasteiger partial charge in [-0.3, -0.25) is 0 Å². The van der Waals surface area contributed by atoms with E-state index in [4.69, 9.17) is 4.42 Å². The summed E-state index contributed by atoms with van der Waals surface area (Å²) >= 11 is 0. The zero-order chi connectivity index (χ0) is 13.4. The molecule has 1 heterocycles. The predicted octanol–water partition coefficient (Wildman–Crippen LogP) is 3.83. The average Bonchev–Trinajstić information content (AvgIpc) is 2.82. The van der Waals surface area contributed by atoms with Crippen LogP contribution in [0.1, 0.15) is 44.4 Å². The van der Waals surface area contributed by atoms with Crippen LogP contribution in [0.15, 0.2) is 47.3 Å². The molecule has 1 atom stereocenters. The summed E-state index contributed by atoms with van der Waals surface area (Å²) in [6.45, 7) is 8.31. The molecule has 96 valence electrons. The van der Waals surface area contributed by atoms with E-state index in [1.165, 1.54) is 5.56 Å². The van der Waals surface area contributed by atoms with Crippen LogP contribution in [0.25, 0.3) is 0 Å². The van der Waals surface area contributed by atoms with Gasteiger partial charge in [0.05, 0.1) is 12.5 Å². The molecule has 0 saturated carbocycles. The van der Waals surface area contributed by atoms with Gasteiger partial charge in [-0.05, 0) is 29.5 Å². The molecule has 2 aromatic rings. The van der Waals surface area contributed by atoms with Crippen molar-refractivity contribution >= 4 is 0 Å². The van der Waals surface area contributed by atoms with Crippen molar-refractivity contribution in [1.29, 1.82) is 0 Å². The highest BCUT2D eigenvalue weighted by Crippen LogP contribution is 2.31. The second-order valence-corrected chi connectivity index (χ2v) is 5.91. The second-order valence-electron chi connectivity index (χ2n) is 5.91. The highest BCUT2D eigenvalue weighted by Gasteiger charge is 2.27. The first-order chi connectivity index (χ1) is 8.32. The van der Waals surface area contributed by atoms with Crippen LogP contribution in [-0.4, -0.2) is 5.11 Å². The number of benzene rings is 1. The molecule has 2 heteroatoms. The first-order valence-corrected chi connectivity index (χ1v) is 6.18. The molecular weight excluding hydrogens is 224 g/mol. The zero-order valence-corrected chi connectivity index (χ0v) is 11.4. The summed E-state index contributed by atoms with van der Waals surface area (Å²) in [6, 6.07) is 9.90. The number of furan rings is 1. The molecule has 18 heavy (non-hydrogen) atoms. The van der Waals surface area contributed by atoms with E-state index >= 15 is 0 Å². The van der Waals surface area contributed by atoms with Crippen LogP contribution >= 0.6 is 0 Å². The Labute approximate surface area is 108 Å². The third kappa shape index (κ3) is 2.34. The lowest BCUT2D eigenvalue weighted by atomic mass is 9.84. The Hall–Kier alpha value is -1.54. The molecule has 1 unspecified atom stereocenters. The third-order valence-electron chi connectivity index (χ3n) is 3.40. The molecular formula is C16H20O2. The normalized spacial score (nSPS) is 15.4. The number of hydrogen-bond donors (Lipinski definition) is 1.